The Labute approximate surface area is 142 Å². The molecule has 1 fully saturated rings. The molecule has 2 N–H and O–H groups in total. The van der Waals surface area contributed by atoms with Crippen molar-refractivity contribution in [1.82, 2.24) is 10.2 Å². The number of aliphatic hydroxyl groups excluding tert-OH is 1. The summed E-state index contributed by atoms with van der Waals surface area (Å²) in [4.78, 5) is 13.9. The minimum absolute atomic E-state index is 0.0744. The lowest BCUT2D eigenvalue weighted by Crippen LogP contribution is -2.47. The molecule has 1 unspecified atom stereocenters. The van der Waals surface area contributed by atoms with Gasteiger partial charge in [-0.05, 0) is 30.2 Å². The molecule has 24 heavy (non-hydrogen) atoms. The standard InChI is InChI=1S/C19H24N2O3/c22-14-15-5-4-11-21(13-15)19(23)20-10-12-24-18-9-3-7-16-6-1-2-8-17(16)18/h1-3,6-9,15,22H,4-5,10-14H2,(H,20,23). The Kier molecular flexibility index (Phi) is 5.54. The van der Waals surface area contributed by atoms with Crippen molar-refractivity contribution in [3.8, 4) is 5.75 Å². The van der Waals surface area contributed by atoms with Crippen LogP contribution in [-0.4, -0.2) is 48.9 Å². The predicted octanol–water partition coefficient (Wildman–Crippen LogP) is 2.63. The van der Waals surface area contributed by atoms with Crippen molar-refractivity contribution < 1.29 is 14.6 Å². The number of piperidine rings is 1. The van der Waals surface area contributed by atoms with Crippen LogP contribution in [0.25, 0.3) is 10.8 Å². The number of rotatable bonds is 5. The third kappa shape index (κ3) is 3.97. The summed E-state index contributed by atoms with van der Waals surface area (Å²) in [6.07, 6.45) is 1.94. The lowest BCUT2D eigenvalue weighted by Gasteiger charge is -2.31. The van der Waals surface area contributed by atoms with Gasteiger partial charge in [-0.15, -0.1) is 0 Å². The quantitative estimate of drug-likeness (QED) is 0.830. The second-order valence-corrected chi connectivity index (χ2v) is 6.19. The van der Waals surface area contributed by atoms with Gasteiger partial charge in [-0.2, -0.15) is 0 Å². The molecule has 1 atom stereocenters. The molecular formula is C19H24N2O3. The molecule has 0 aromatic heterocycles. The maximum atomic E-state index is 12.2. The molecule has 1 saturated heterocycles. The molecule has 2 aromatic carbocycles. The molecule has 0 saturated carbocycles. The van der Waals surface area contributed by atoms with E-state index in [4.69, 9.17) is 4.74 Å². The van der Waals surface area contributed by atoms with Gasteiger partial charge in [0.1, 0.15) is 12.4 Å². The first-order valence-corrected chi connectivity index (χ1v) is 8.52. The number of aliphatic hydroxyl groups is 1. The van der Waals surface area contributed by atoms with E-state index < -0.39 is 0 Å². The highest BCUT2D eigenvalue weighted by molar-refractivity contribution is 5.88. The second kappa shape index (κ2) is 8.02. The minimum atomic E-state index is -0.0744. The van der Waals surface area contributed by atoms with Gasteiger partial charge in [0, 0.05) is 25.1 Å². The lowest BCUT2D eigenvalue weighted by atomic mass is 9.99. The first-order valence-electron chi connectivity index (χ1n) is 8.52. The fraction of sp³-hybridized carbons (Fsp3) is 0.421. The summed E-state index contributed by atoms with van der Waals surface area (Å²) in [6, 6.07) is 14.0. The van der Waals surface area contributed by atoms with Crippen LogP contribution in [0.3, 0.4) is 0 Å². The van der Waals surface area contributed by atoms with Crippen LogP contribution in [0.4, 0.5) is 4.79 Å². The summed E-state index contributed by atoms with van der Waals surface area (Å²) in [6.45, 7) is 2.42. The number of likely N-dealkylation sites (tertiary alicyclic amines) is 1. The zero-order valence-electron chi connectivity index (χ0n) is 13.8. The molecular weight excluding hydrogens is 304 g/mol. The van der Waals surface area contributed by atoms with Crippen LogP contribution in [0, 0.1) is 5.92 Å². The molecule has 2 amide bonds. The van der Waals surface area contributed by atoms with Gasteiger partial charge in [-0.1, -0.05) is 36.4 Å². The van der Waals surface area contributed by atoms with Crippen molar-refractivity contribution in [3.05, 3.63) is 42.5 Å². The molecule has 1 heterocycles. The van der Waals surface area contributed by atoms with E-state index in [0.29, 0.717) is 19.7 Å². The van der Waals surface area contributed by atoms with E-state index in [2.05, 4.69) is 17.4 Å². The van der Waals surface area contributed by atoms with Crippen LogP contribution in [0.15, 0.2) is 42.5 Å². The first kappa shape index (κ1) is 16.6. The summed E-state index contributed by atoms with van der Waals surface area (Å²) in [5.41, 5.74) is 0. The molecule has 2 aromatic rings. The Bertz CT molecular complexity index is 684. The number of ether oxygens (including phenoxy) is 1. The van der Waals surface area contributed by atoms with E-state index in [1.54, 1.807) is 4.90 Å². The maximum absolute atomic E-state index is 12.2. The van der Waals surface area contributed by atoms with Crippen LogP contribution < -0.4 is 10.1 Å². The van der Waals surface area contributed by atoms with Crippen LogP contribution in [0.1, 0.15) is 12.8 Å². The molecule has 5 heteroatoms. The van der Waals surface area contributed by atoms with Crippen LogP contribution >= 0.6 is 0 Å². The number of hydrogen-bond acceptors (Lipinski definition) is 3. The molecule has 0 bridgehead atoms. The first-order chi connectivity index (χ1) is 11.8. The van der Waals surface area contributed by atoms with Crippen LogP contribution in [-0.2, 0) is 0 Å². The molecule has 5 nitrogen and oxygen atoms in total. The third-order valence-electron chi connectivity index (χ3n) is 4.45. The van der Waals surface area contributed by atoms with Crippen molar-refractivity contribution >= 4 is 16.8 Å². The van der Waals surface area contributed by atoms with E-state index >= 15 is 0 Å². The Balaban J connectivity index is 1.47. The summed E-state index contributed by atoms with van der Waals surface area (Å²) < 4.78 is 5.83. The molecule has 0 spiro atoms. The maximum Gasteiger partial charge on any atom is 0.317 e. The number of fused-ring (bicyclic) bond motifs is 1. The number of nitrogens with zero attached hydrogens (tertiary/aromatic N) is 1. The highest BCUT2D eigenvalue weighted by Crippen LogP contribution is 2.24. The highest BCUT2D eigenvalue weighted by Gasteiger charge is 2.22. The normalized spacial score (nSPS) is 17.7. The average Bonchev–Trinajstić information content (AvgIpc) is 2.65. The largest absolute Gasteiger partial charge is 0.491 e. The van der Waals surface area contributed by atoms with E-state index in [0.717, 1.165) is 35.9 Å². The van der Waals surface area contributed by atoms with Crippen LogP contribution in [0.2, 0.25) is 0 Å². The average molecular weight is 328 g/mol. The number of nitrogens with one attached hydrogen (secondary N) is 1. The lowest BCUT2D eigenvalue weighted by molar-refractivity contribution is 0.129. The van der Waals surface area contributed by atoms with Gasteiger partial charge in [0.15, 0.2) is 0 Å². The molecule has 3 rings (SSSR count). The summed E-state index contributed by atoms with van der Waals surface area (Å²) in [5.74, 6) is 1.04. The molecule has 128 valence electrons. The van der Waals surface area contributed by atoms with Crippen molar-refractivity contribution in [2.75, 3.05) is 32.8 Å². The highest BCUT2D eigenvalue weighted by atomic mass is 16.5. The van der Waals surface area contributed by atoms with Gasteiger partial charge in [0.05, 0.1) is 6.54 Å². The van der Waals surface area contributed by atoms with E-state index in [9.17, 15) is 9.90 Å². The summed E-state index contributed by atoms with van der Waals surface area (Å²) in [5, 5.41) is 14.4. The fourth-order valence-corrected chi connectivity index (χ4v) is 3.15. The molecule has 0 aliphatic carbocycles. The van der Waals surface area contributed by atoms with E-state index in [1.165, 1.54) is 0 Å². The van der Waals surface area contributed by atoms with Crippen molar-refractivity contribution in [2.45, 2.75) is 12.8 Å². The zero-order chi connectivity index (χ0) is 16.8. The Hall–Kier alpha value is -2.27. The minimum Gasteiger partial charge on any atom is -0.491 e. The van der Waals surface area contributed by atoms with Crippen molar-refractivity contribution in [2.24, 2.45) is 5.92 Å². The second-order valence-electron chi connectivity index (χ2n) is 6.19. The topological polar surface area (TPSA) is 61.8 Å². The fourth-order valence-electron chi connectivity index (χ4n) is 3.15. The molecule has 1 aliphatic heterocycles. The number of amides is 2. The van der Waals surface area contributed by atoms with Gasteiger partial charge in [-0.25, -0.2) is 4.79 Å². The zero-order valence-corrected chi connectivity index (χ0v) is 13.8. The number of carbonyl (C=O) groups is 1. The van der Waals surface area contributed by atoms with Gasteiger partial charge in [0.2, 0.25) is 0 Å². The van der Waals surface area contributed by atoms with Crippen LogP contribution in [0.5, 0.6) is 5.75 Å². The molecule has 1 aliphatic rings. The number of carbonyl (C=O) groups excluding carboxylic acids is 1. The Morgan fingerprint density at radius 3 is 2.96 bits per heavy atom. The van der Waals surface area contributed by atoms with Gasteiger partial charge >= 0.3 is 6.03 Å². The van der Waals surface area contributed by atoms with E-state index in [-0.39, 0.29) is 18.6 Å². The number of benzene rings is 2. The monoisotopic (exact) mass is 328 g/mol. The SMILES string of the molecule is O=C(NCCOc1cccc2ccccc12)N1CCCC(CO)C1. The Morgan fingerprint density at radius 2 is 2.08 bits per heavy atom. The van der Waals surface area contributed by atoms with Crippen molar-refractivity contribution in [3.63, 3.8) is 0 Å². The Morgan fingerprint density at radius 1 is 1.25 bits per heavy atom. The summed E-state index contributed by atoms with van der Waals surface area (Å²) in [7, 11) is 0. The van der Waals surface area contributed by atoms with E-state index in [1.807, 2.05) is 30.3 Å². The van der Waals surface area contributed by atoms with Gasteiger partial charge < -0.3 is 20.1 Å². The molecule has 0 radical (unpaired) electrons. The summed E-state index contributed by atoms with van der Waals surface area (Å²) >= 11 is 0. The third-order valence-corrected chi connectivity index (χ3v) is 4.45. The van der Waals surface area contributed by atoms with Gasteiger partial charge in [-0.3, -0.25) is 0 Å². The number of hydrogen-bond donors (Lipinski definition) is 2. The van der Waals surface area contributed by atoms with Gasteiger partial charge in [0.25, 0.3) is 0 Å². The predicted molar refractivity (Wildman–Crippen MR) is 94.2 cm³/mol. The van der Waals surface area contributed by atoms with Crippen molar-refractivity contribution in [1.29, 1.82) is 0 Å². The smallest absolute Gasteiger partial charge is 0.317 e. The number of urea groups is 1.